The van der Waals surface area contributed by atoms with Gasteiger partial charge in [-0.05, 0) is 0 Å². The van der Waals surface area contributed by atoms with E-state index in [0.717, 1.165) is 0 Å². The molecule has 0 radical (unpaired) electrons. The third-order valence-electron chi connectivity index (χ3n) is 2.66. The summed E-state index contributed by atoms with van der Waals surface area (Å²) < 4.78 is 5.53. The number of alkyl halides is 1. The zero-order chi connectivity index (χ0) is 8.93. The highest BCUT2D eigenvalue weighted by atomic mass is 35.5. The largest absolute Gasteiger partial charge is 0.364 e. The number of carbonyl (C=O) groups excluding carboxylic acids is 1. The zero-order valence-corrected chi connectivity index (χ0v) is 7.84. The van der Waals surface area contributed by atoms with Crippen LogP contribution in [0, 0.1) is 5.41 Å². The molecule has 2 bridgehead atoms. The summed E-state index contributed by atoms with van der Waals surface area (Å²) in [7, 11) is 0. The van der Waals surface area contributed by atoms with Crippen LogP contribution in [0.25, 0.3) is 0 Å². The third-order valence-corrected chi connectivity index (χ3v) is 3.11. The molecule has 0 amide bonds. The van der Waals surface area contributed by atoms with Crippen LogP contribution in [0.3, 0.4) is 0 Å². The first-order valence-corrected chi connectivity index (χ1v) is 4.49. The van der Waals surface area contributed by atoms with Crippen molar-refractivity contribution < 1.29 is 9.53 Å². The molecule has 0 spiro atoms. The number of ether oxygens (including phenoxy) is 1. The molecule has 0 saturated carbocycles. The minimum atomic E-state index is -0.505. The van der Waals surface area contributed by atoms with Gasteiger partial charge >= 0.3 is 0 Å². The fraction of sp³-hybridized carbons (Fsp3) is 0.667. The molecule has 2 aliphatic heterocycles. The lowest BCUT2D eigenvalue weighted by Gasteiger charge is -2.37. The third kappa shape index (κ3) is 0.882. The second-order valence-electron chi connectivity index (χ2n) is 3.89. The van der Waals surface area contributed by atoms with Crippen molar-refractivity contribution in [3.05, 3.63) is 12.2 Å². The Hall–Kier alpha value is -0.340. The molecule has 0 aromatic heterocycles. The van der Waals surface area contributed by atoms with Crippen molar-refractivity contribution in [2.24, 2.45) is 5.41 Å². The van der Waals surface area contributed by atoms with Crippen LogP contribution >= 0.6 is 11.6 Å². The van der Waals surface area contributed by atoms with Gasteiger partial charge in [0.2, 0.25) is 0 Å². The van der Waals surface area contributed by atoms with Gasteiger partial charge in [-0.2, -0.15) is 0 Å². The van der Waals surface area contributed by atoms with E-state index in [1.165, 1.54) is 0 Å². The first-order chi connectivity index (χ1) is 5.53. The molecule has 3 atom stereocenters. The summed E-state index contributed by atoms with van der Waals surface area (Å²) >= 11 is 5.92. The van der Waals surface area contributed by atoms with E-state index in [1.807, 2.05) is 26.0 Å². The summed E-state index contributed by atoms with van der Waals surface area (Å²) in [4.78, 5) is 11.7. The Balaban J connectivity index is 2.38. The standard InChI is InChI=1S/C9H11ClO2/c1-9(2)6-4-3-5(12-6)7(10)8(9)11/h3-7H,1-2H3/t5-,6+,7+/m0/s1. The van der Waals surface area contributed by atoms with Crippen LogP contribution in [0.5, 0.6) is 0 Å². The van der Waals surface area contributed by atoms with Gasteiger partial charge in [-0.1, -0.05) is 26.0 Å². The van der Waals surface area contributed by atoms with Gasteiger partial charge in [0, 0.05) is 0 Å². The second kappa shape index (κ2) is 2.33. The molecule has 0 N–H and O–H groups in total. The molecule has 12 heavy (non-hydrogen) atoms. The number of ketones is 1. The first kappa shape index (κ1) is 8.27. The molecule has 0 aromatic carbocycles. The number of halogens is 1. The van der Waals surface area contributed by atoms with E-state index in [-0.39, 0.29) is 18.0 Å². The maximum absolute atomic E-state index is 11.7. The summed E-state index contributed by atoms with van der Waals surface area (Å²) in [6.07, 6.45) is 3.54. The minimum Gasteiger partial charge on any atom is -0.364 e. The Kier molecular flexibility index (Phi) is 1.61. The molecule has 2 aliphatic rings. The maximum Gasteiger partial charge on any atom is 0.162 e. The van der Waals surface area contributed by atoms with E-state index in [9.17, 15) is 4.79 Å². The Labute approximate surface area is 76.5 Å². The molecule has 0 unspecified atom stereocenters. The van der Waals surface area contributed by atoms with E-state index in [1.54, 1.807) is 0 Å². The lowest BCUT2D eigenvalue weighted by atomic mass is 9.79. The van der Waals surface area contributed by atoms with Crippen molar-refractivity contribution in [2.75, 3.05) is 0 Å². The highest BCUT2D eigenvalue weighted by Crippen LogP contribution is 2.39. The lowest BCUT2D eigenvalue weighted by Crippen LogP contribution is -2.50. The summed E-state index contributed by atoms with van der Waals surface area (Å²) in [5.41, 5.74) is -0.462. The van der Waals surface area contributed by atoms with Crippen LogP contribution in [-0.4, -0.2) is 23.4 Å². The molecular formula is C9H11ClO2. The number of Topliss-reactive ketones (excluding diaryl/α,β-unsaturated/α-hetero) is 1. The van der Waals surface area contributed by atoms with Gasteiger partial charge in [-0.25, -0.2) is 0 Å². The highest BCUT2D eigenvalue weighted by molar-refractivity contribution is 6.32. The van der Waals surface area contributed by atoms with Gasteiger partial charge in [0.15, 0.2) is 5.78 Å². The Bertz CT molecular complexity index is 257. The van der Waals surface area contributed by atoms with Gasteiger partial charge in [0.05, 0.1) is 17.6 Å². The number of rotatable bonds is 0. The van der Waals surface area contributed by atoms with Crippen LogP contribution in [0.15, 0.2) is 12.2 Å². The molecular weight excluding hydrogens is 176 g/mol. The van der Waals surface area contributed by atoms with Crippen LogP contribution in [-0.2, 0) is 9.53 Å². The quantitative estimate of drug-likeness (QED) is 0.424. The number of hydrogen-bond donors (Lipinski definition) is 0. The molecule has 0 aliphatic carbocycles. The molecule has 1 fully saturated rings. The fourth-order valence-corrected chi connectivity index (χ4v) is 2.12. The van der Waals surface area contributed by atoms with Crippen LogP contribution in [0.1, 0.15) is 13.8 Å². The van der Waals surface area contributed by atoms with Crippen LogP contribution < -0.4 is 0 Å². The van der Waals surface area contributed by atoms with Crippen molar-refractivity contribution in [3.63, 3.8) is 0 Å². The Morgan fingerprint density at radius 3 is 2.83 bits per heavy atom. The van der Waals surface area contributed by atoms with E-state index < -0.39 is 10.8 Å². The Morgan fingerprint density at radius 1 is 1.50 bits per heavy atom. The van der Waals surface area contributed by atoms with Crippen LogP contribution in [0.4, 0.5) is 0 Å². The average molecular weight is 187 g/mol. The molecule has 0 aromatic rings. The smallest absolute Gasteiger partial charge is 0.162 e. The van der Waals surface area contributed by atoms with Crippen molar-refractivity contribution in [1.29, 1.82) is 0 Å². The van der Waals surface area contributed by atoms with E-state index in [4.69, 9.17) is 16.3 Å². The minimum absolute atomic E-state index is 0.0787. The van der Waals surface area contributed by atoms with Crippen molar-refractivity contribution in [2.45, 2.75) is 31.4 Å². The second-order valence-corrected chi connectivity index (χ2v) is 4.36. The fourth-order valence-electron chi connectivity index (χ4n) is 1.69. The maximum atomic E-state index is 11.7. The summed E-state index contributed by atoms with van der Waals surface area (Å²) in [5.74, 6) is 0.0930. The normalized spacial score (nSPS) is 43.6. The van der Waals surface area contributed by atoms with Gasteiger partial charge in [0.25, 0.3) is 0 Å². The molecule has 66 valence electrons. The predicted molar refractivity (Wildman–Crippen MR) is 46.2 cm³/mol. The van der Waals surface area contributed by atoms with Gasteiger partial charge in [-0.3, -0.25) is 4.79 Å². The molecule has 2 rings (SSSR count). The van der Waals surface area contributed by atoms with Crippen molar-refractivity contribution in [1.82, 2.24) is 0 Å². The van der Waals surface area contributed by atoms with Gasteiger partial charge in [-0.15, -0.1) is 11.6 Å². The van der Waals surface area contributed by atoms with Gasteiger partial charge in [0.1, 0.15) is 5.38 Å². The molecule has 2 nitrogen and oxygen atoms in total. The molecule has 1 saturated heterocycles. The van der Waals surface area contributed by atoms with E-state index in [0.29, 0.717) is 0 Å². The summed E-state index contributed by atoms with van der Waals surface area (Å²) in [5, 5.41) is -0.505. The highest BCUT2D eigenvalue weighted by Gasteiger charge is 2.50. The predicted octanol–water partition coefficient (Wildman–Crippen LogP) is 1.53. The summed E-state index contributed by atoms with van der Waals surface area (Å²) in [6.45, 7) is 3.75. The zero-order valence-electron chi connectivity index (χ0n) is 7.08. The average Bonchev–Trinajstić information content (AvgIpc) is 2.46. The lowest BCUT2D eigenvalue weighted by molar-refractivity contribution is -0.144. The number of fused-ring (bicyclic) bond motifs is 2. The molecule has 3 heteroatoms. The molecule has 2 heterocycles. The van der Waals surface area contributed by atoms with Crippen molar-refractivity contribution >= 4 is 17.4 Å². The topological polar surface area (TPSA) is 26.3 Å². The number of carbonyl (C=O) groups is 1. The van der Waals surface area contributed by atoms with Crippen molar-refractivity contribution in [3.8, 4) is 0 Å². The van der Waals surface area contributed by atoms with Crippen LogP contribution in [0.2, 0.25) is 0 Å². The Morgan fingerprint density at radius 2 is 2.17 bits per heavy atom. The first-order valence-electron chi connectivity index (χ1n) is 4.05. The number of hydrogen-bond acceptors (Lipinski definition) is 2. The monoisotopic (exact) mass is 186 g/mol. The van der Waals surface area contributed by atoms with Gasteiger partial charge < -0.3 is 4.74 Å². The summed E-state index contributed by atoms with van der Waals surface area (Å²) in [6, 6.07) is 0. The van der Waals surface area contributed by atoms with E-state index >= 15 is 0 Å². The SMILES string of the molecule is CC1(C)C(=O)[C@H](Cl)[C@@H]2C=C[C@H]1O2. The van der Waals surface area contributed by atoms with E-state index in [2.05, 4.69) is 0 Å².